The number of rotatable bonds is 7. The largest absolute Gasteiger partial charge is 0.497 e. The molecule has 10 heteroatoms. The van der Waals surface area contributed by atoms with E-state index in [1.807, 2.05) is 0 Å². The molecule has 0 unspecified atom stereocenters. The Morgan fingerprint density at radius 3 is 2.06 bits per heavy atom. The van der Waals surface area contributed by atoms with E-state index in [1.54, 1.807) is 27.7 Å². The van der Waals surface area contributed by atoms with Crippen molar-refractivity contribution >= 4 is 25.8 Å². The van der Waals surface area contributed by atoms with Crippen LogP contribution in [0.3, 0.4) is 0 Å². The molecule has 0 radical (unpaired) electrons. The number of benzene rings is 2. The summed E-state index contributed by atoms with van der Waals surface area (Å²) in [6.07, 6.45) is 1.05. The van der Waals surface area contributed by atoms with Gasteiger partial charge in [-0.25, -0.2) is 26.4 Å². The van der Waals surface area contributed by atoms with Gasteiger partial charge in [-0.1, -0.05) is 12.1 Å². The summed E-state index contributed by atoms with van der Waals surface area (Å²) in [5.74, 6) is -0.469. The number of esters is 1. The van der Waals surface area contributed by atoms with Gasteiger partial charge in [0.2, 0.25) is 19.9 Å². The minimum atomic E-state index is -4.07. The summed E-state index contributed by atoms with van der Waals surface area (Å²) in [5, 5.41) is 0. The Bertz CT molecular complexity index is 1160. The number of sulfonamides is 1. The van der Waals surface area contributed by atoms with Gasteiger partial charge in [0, 0.05) is 6.04 Å². The molecule has 0 amide bonds. The van der Waals surface area contributed by atoms with Gasteiger partial charge < -0.3 is 9.47 Å². The number of carbonyl (C=O) groups is 1. The Labute approximate surface area is 183 Å². The smallest absolute Gasteiger partial charge is 0.340 e. The second-order valence-electron chi connectivity index (χ2n) is 8.05. The van der Waals surface area contributed by atoms with Crippen molar-refractivity contribution in [3.05, 3.63) is 53.6 Å². The molecular formula is C21H27NO7S2. The molecule has 0 bridgehead atoms. The predicted molar refractivity (Wildman–Crippen MR) is 116 cm³/mol. The molecule has 0 heterocycles. The zero-order valence-electron chi connectivity index (χ0n) is 18.3. The molecule has 0 aromatic heterocycles. The Hall–Kier alpha value is -2.43. The number of carbonyl (C=O) groups excluding carboxylic acids is 1. The monoisotopic (exact) mass is 469 g/mol. The normalized spacial score (nSPS) is 13.5. The first-order valence-electron chi connectivity index (χ1n) is 9.38. The molecule has 8 nitrogen and oxygen atoms in total. The number of ether oxygens (including phenoxy) is 2. The standard InChI is InChI=1S/C21H27NO7S2/c1-14(22-30(6,24)25)15-7-10-17(11-8-15)31(26,27)19-12-9-16(28-5)13-18(19)20(23)29-21(2,3)4/h7-14,22H,1-6H3/t14-/m0/s1. The van der Waals surface area contributed by atoms with Crippen LogP contribution in [0.5, 0.6) is 5.75 Å². The molecule has 0 fully saturated rings. The lowest BCUT2D eigenvalue weighted by Gasteiger charge is -2.21. The number of methoxy groups -OCH3 is 1. The minimum absolute atomic E-state index is 0.0437. The lowest BCUT2D eigenvalue weighted by Crippen LogP contribution is -2.25. The van der Waals surface area contributed by atoms with Crippen molar-refractivity contribution in [1.29, 1.82) is 0 Å². The highest BCUT2D eigenvalue weighted by molar-refractivity contribution is 7.91. The van der Waals surface area contributed by atoms with Gasteiger partial charge in [-0.05, 0) is 63.6 Å². The first-order chi connectivity index (χ1) is 14.1. The van der Waals surface area contributed by atoms with Crippen LogP contribution in [0.2, 0.25) is 0 Å². The van der Waals surface area contributed by atoms with Crippen molar-refractivity contribution in [2.24, 2.45) is 0 Å². The van der Waals surface area contributed by atoms with E-state index in [4.69, 9.17) is 9.47 Å². The van der Waals surface area contributed by atoms with Crippen molar-refractivity contribution in [2.75, 3.05) is 13.4 Å². The van der Waals surface area contributed by atoms with Crippen LogP contribution < -0.4 is 9.46 Å². The first kappa shape index (κ1) is 24.8. The molecule has 0 aliphatic carbocycles. The molecule has 1 atom stereocenters. The third-order valence-corrected chi connectivity index (χ3v) is 6.79. The molecule has 1 N–H and O–H groups in total. The Kier molecular flexibility index (Phi) is 7.19. The molecule has 2 aromatic carbocycles. The maximum atomic E-state index is 13.3. The molecule has 0 aliphatic heterocycles. The fourth-order valence-corrected chi connectivity index (χ4v) is 5.02. The van der Waals surface area contributed by atoms with Crippen LogP contribution in [0, 0.1) is 0 Å². The van der Waals surface area contributed by atoms with Gasteiger partial charge in [-0.3, -0.25) is 0 Å². The lowest BCUT2D eigenvalue weighted by molar-refractivity contribution is 0.00647. The van der Waals surface area contributed by atoms with Crippen LogP contribution in [-0.4, -0.2) is 41.8 Å². The predicted octanol–water partition coefficient (Wildman–Crippen LogP) is 3.09. The summed E-state index contributed by atoms with van der Waals surface area (Å²) < 4.78 is 62.3. The van der Waals surface area contributed by atoms with Gasteiger partial charge in [0.25, 0.3) is 0 Å². The molecule has 2 rings (SSSR count). The van der Waals surface area contributed by atoms with Crippen molar-refractivity contribution in [2.45, 2.75) is 49.1 Å². The molecule has 2 aromatic rings. The third kappa shape index (κ3) is 6.52. The van der Waals surface area contributed by atoms with E-state index in [-0.39, 0.29) is 15.4 Å². The average molecular weight is 470 g/mol. The average Bonchev–Trinajstić information content (AvgIpc) is 2.64. The van der Waals surface area contributed by atoms with Crippen LogP contribution in [0.25, 0.3) is 0 Å². The van der Waals surface area contributed by atoms with Gasteiger partial charge in [0.05, 0.1) is 28.7 Å². The second-order valence-corrected chi connectivity index (χ2v) is 11.7. The molecule has 0 saturated heterocycles. The van der Waals surface area contributed by atoms with Crippen LogP contribution in [-0.2, 0) is 24.6 Å². The van der Waals surface area contributed by atoms with E-state index in [9.17, 15) is 21.6 Å². The quantitative estimate of drug-likeness (QED) is 0.620. The lowest BCUT2D eigenvalue weighted by atomic mass is 10.1. The molecule has 170 valence electrons. The third-order valence-electron chi connectivity index (χ3n) is 4.18. The summed E-state index contributed by atoms with van der Waals surface area (Å²) in [4.78, 5) is 12.4. The van der Waals surface area contributed by atoms with Crippen LogP contribution in [0.1, 0.15) is 49.7 Å². The molecule has 31 heavy (non-hydrogen) atoms. The summed E-state index contributed by atoms with van der Waals surface area (Å²) in [5.41, 5.74) is -0.358. The molecule has 0 aliphatic rings. The fourth-order valence-electron chi connectivity index (χ4n) is 2.81. The topological polar surface area (TPSA) is 116 Å². The number of nitrogens with one attached hydrogen (secondary N) is 1. The van der Waals surface area contributed by atoms with Crippen molar-refractivity contribution in [3.63, 3.8) is 0 Å². The highest BCUT2D eigenvalue weighted by Crippen LogP contribution is 2.29. The summed E-state index contributed by atoms with van der Waals surface area (Å²) in [6.45, 7) is 6.70. The fraction of sp³-hybridized carbons (Fsp3) is 0.381. The highest BCUT2D eigenvalue weighted by Gasteiger charge is 2.28. The SMILES string of the molecule is COc1ccc(S(=O)(=O)c2ccc([C@H](C)NS(C)(=O)=O)cc2)c(C(=O)OC(C)(C)C)c1. The van der Waals surface area contributed by atoms with Crippen LogP contribution in [0.15, 0.2) is 52.3 Å². The zero-order valence-corrected chi connectivity index (χ0v) is 19.9. The van der Waals surface area contributed by atoms with E-state index in [2.05, 4.69) is 4.72 Å². The summed E-state index contributed by atoms with van der Waals surface area (Å²) >= 11 is 0. The highest BCUT2D eigenvalue weighted by atomic mass is 32.2. The zero-order chi connectivity index (χ0) is 23.6. The van der Waals surface area contributed by atoms with Gasteiger partial charge >= 0.3 is 5.97 Å². The van der Waals surface area contributed by atoms with E-state index >= 15 is 0 Å². The summed E-state index contributed by atoms with van der Waals surface area (Å²) in [7, 11) is -6.08. The molecule has 0 spiro atoms. The maximum absolute atomic E-state index is 13.3. The van der Waals surface area contributed by atoms with E-state index in [0.29, 0.717) is 11.3 Å². The van der Waals surface area contributed by atoms with Crippen molar-refractivity contribution in [1.82, 2.24) is 4.72 Å². The van der Waals surface area contributed by atoms with E-state index < -0.39 is 37.5 Å². The van der Waals surface area contributed by atoms with Gasteiger partial charge in [-0.15, -0.1) is 0 Å². The maximum Gasteiger partial charge on any atom is 0.340 e. The van der Waals surface area contributed by atoms with Crippen molar-refractivity contribution in [3.8, 4) is 5.75 Å². The Morgan fingerprint density at radius 1 is 1.00 bits per heavy atom. The summed E-state index contributed by atoms with van der Waals surface area (Å²) in [6, 6.07) is 9.32. The van der Waals surface area contributed by atoms with E-state index in [0.717, 1.165) is 6.26 Å². The Morgan fingerprint density at radius 2 is 1.58 bits per heavy atom. The minimum Gasteiger partial charge on any atom is -0.497 e. The number of hydrogen-bond acceptors (Lipinski definition) is 7. The molecular weight excluding hydrogens is 442 g/mol. The van der Waals surface area contributed by atoms with Gasteiger partial charge in [0.15, 0.2) is 0 Å². The molecule has 0 saturated carbocycles. The number of sulfone groups is 1. The second kappa shape index (κ2) is 8.97. The van der Waals surface area contributed by atoms with Crippen molar-refractivity contribution < 1.29 is 31.1 Å². The van der Waals surface area contributed by atoms with Crippen LogP contribution in [0.4, 0.5) is 0 Å². The van der Waals surface area contributed by atoms with Gasteiger partial charge in [-0.2, -0.15) is 0 Å². The van der Waals surface area contributed by atoms with E-state index in [1.165, 1.54) is 49.6 Å². The van der Waals surface area contributed by atoms with Gasteiger partial charge in [0.1, 0.15) is 11.4 Å². The Balaban J connectivity index is 2.49. The number of hydrogen-bond donors (Lipinski definition) is 1. The first-order valence-corrected chi connectivity index (χ1v) is 12.8. The van der Waals surface area contributed by atoms with Crippen LogP contribution >= 0.6 is 0 Å².